The molecule has 0 fully saturated rings. The van der Waals surface area contributed by atoms with Gasteiger partial charge in [-0.1, -0.05) is 54.6 Å². The Morgan fingerprint density at radius 1 is 0.788 bits per heavy atom. The number of ether oxygens (including phenoxy) is 2. The second kappa shape index (κ2) is 11.1. The smallest absolute Gasteiger partial charge is 0.411 e. The second-order valence-electron chi connectivity index (χ2n) is 7.34. The minimum atomic E-state index is -1.48. The molecule has 0 unspecified atom stereocenters. The van der Waals surface area contributed by atoms with E-state index in [2.05, 4.69) is 25.4 Å². The van der Waals surface area contributed by atoms with E-state index in [0.29, 0.717) is 29.0 Å². The summed E-state index contributed by atoms with van der Waals surface area (Å²) in [5, 5.41) is 20.5. The Kier molecular flexibility index (Phi) is 8.01. The summed E-state index contributed by atoms with van der Waals surface area (Å²) in [5.74, 6) is 0. The van der Waals surface area contributed by atoms with Crippen LogP contribution < -0.4 is 16.0 Å². The van der Waals surface area contributed by atoms with Crippen molar-refractivity contribution in [3.8, 4) is 0 Å². The Balaban J connectivity index is 1.94. The maximum Gasteiger partial charge on any atom is 0.411 e. The van der Waals surface area contributed by atoms with Gasteiger partial charge in [-0.2, -0.15) is 0 Å². The highest BCUT2D eigenvalue weighted by Crippen LogP contribution is 2.32. The summed E-state index contributed by atoms with van der Waals surface area (Å²) in [7, 11) is 2.56. The highest BCUT2D eigenvalue weighted by atomic mass is 16.5. The normalized spacial score (nSPS) is 10.9. The van der Waals surface area contributed by atoms with Gasteiger partial charge in [0.25, 0.3) is 0 Å². The van der Waals surface area contributed by atoms with Gasteiger partial charge in [0.2, 0.25) is 0 Å². The van der Waals surface area contributed by atoms with Crippen molar-refractivity contribution >= 4 is 23.6 Å². The topological polar surface area (TPSA) is 109 Å². The average Bonchev–Trinajstić information content (AvgIpc) is 2.84. The highest BCUT2D eigenvalue weighted by molar-refractivity contribution is 5.85. The van der Waals surface area contributed by atoms with E-state index in [1.807, 2.05) is 30.3 Å². The number of rotatable bonds is 8. The summed E-state index contributed by atoms with van der Waals surface area (Å²) in [5.41, 5.74) is 1.65. The standard InChI is InChI=1S/C25H27N3O5/c1-32-23(29)27-21-12-6-10-19(14-21)25(31,17-26-16-18-8-4-3-5-9-18)20-11-7-13-22(15-20)28-24(30)33-2/h3-15,26,31H,16-17H2,1-2H3,(H,27,29)(H,28,30). The summed E-state index contributed by atoms with van der Waals surface area (Å²) >= 11 is 0. The van der Waals surface area contributed by atoms with E-state index in [9.17, 15) is 14.7 Å². The van der Waals surface area contributed by atoms with Crippen molar-refractivity contribution in [3.05, 3.63) is 95.6 Å². The lowest BCUT2D eigenvalue weighted by Gasteiger charge is -2.30. The van der Waals surface area contributed by atoms with Gasteiger partial charge in [-0.05, 0) is 41.0 Å². The predicted molar refractivity (Wildman–Crippen MR) is 126 cm³/mol. The molecule has 2 amide bonds. The molecule has 0 aliphatic rings. The van der Waals surface area contributed by atoms with Crippen molar-refractivity contribution in [1.82, 2.24) is 5.32 Å². The van der Waals surface area contributed by atoms with E-state index < -0.39 is 17.8 Å². The summed E-state index contributed by atoms with van der Waals surface area (Å²) in [6.07, 6.45) is -1.22. The number of hydrogen-bond acceptors (Lipinski definition) is 6. The van der Waals surface area contributed by atoms with Crippen molar-refractivity contribution in [2.45, 2.75) is 12.1 Å². The van der Waals surface area contributed by atoms with Crippen LogP contribution in [0.3, 0.4) is 0 Å². The lowest BCUT2D eigenvalue weighted by atomic mass is 9.85. The number of amides is 2. The van der Waals surface area contributed by atoms with Crippen LogP contribution in [0.1, 0.15) is 16.7 Å². The fourth-order valence-corrected chi connectivity index (χ4v) is 3.40. The zero-order valence-corrected chi connectivity index (χ0v) is 18.5. The molecule has 8 nitrogen and oxygen atoms in total. The molecule has 0 atom stereocenters. The summed E-state index contributed by atoms with van der Waals surface area (Å²) in [6, 6.07) is 23.6. The van der Waals surface area contributed by atoms with E-state index in [0.717, 1.165) is 5.56 Å². The number of carbonyl (C=O) groups excluding carboxylic acids is 2. The molecule has 33 heavy (non-hydrogen) atoms. The first kappa shape index (κ1) is 23.8. The van der Waals surface area contributed by atoms with Crippen molar-refractivity contribution in [1.29, 1.82) is 0 Å². The first-order chi connectivity index (χ1) is 15.9. The molecule has 0 saturated carbocycles. The molecule has 172 valence electrons. The van der Waals surface area contributed by atoms with E-state index >= 15 is 0 Å². The largest absolute Gasteiger partial charge is 0.453 e. The van der Waals surface area contributed by atoms with Crippen LogP contribution >= 0.6 is 0 Å². The van der Waals surface area contributed by atoms with Crippen molar-refractivity contribution < 1.29 is 24.2 Å². The monoisotopic (exact) mass is 449 g/mol. The van der Waals surface area contributed by atoms with Crippen LogP contribution in [-0.4, -0.2) is 38.1 Å². The minimum absolute atomic E-state index is 0.172. The Bertz CT molecular complexity index is 1030. The third kappa shape index (κ3) is 6.31. The number of aliphatic hydroxyl groups is 1. The van der Waals surface area contributed by atoms with Crippen LogP contribution in [0, 0.1) is 0 Å². The first-order valence-corrected chi connectivity index (χ1v) is 10.3. The third-order valence-corrected chi connectivity index (χ3v) is 5.10. The Labute approximate surface area is 192 Å². The Morgan fingerprint density at radius 2 is 1.30 bits per heavy atom. The third-order valence-electron chi connectivity index (χ3n) is 5.10. The molecule has 3 aromatic rings. The molecule has 0 bridgehead atoms. The maximum absolute atomic E-state index is 11.9. The summed E-state index contributed by atoms with van der Waals surface area (Å²) < 4.78 is 9.33. The lowest BCUT2D eigenvalue weighted by molar-refractivity contribution is 0.0797. The van der Waals surface area contributed by atoms with Gasteiger partial charge in [-0.15, -0.1) is 0 Å². The van der Waals surface area contributed by atoms with Crippen molar-refractivity contribution in [2.75, 3.05) is 31.4 Å². The van der Waals surface area contributed by atoms with Gasteiger partial charge < -0.3 is 19.9 Å². The van der Waals surface area contributed by atoms with Gasteiger partial charge in [-0.25, -0.2) is 9.59 Å². The lowest BCUT2D eigenvalue weighted by Crippen LogP contribution is -2.39. The molecular formula is C25H27N3O5. The van der Waals surface area contributed by atoms with E-state index in [1.54, 1.807) is 48.5 Å². The molecular weight excluding hydrogens is 422 g/mol. The van der Waals surface area contributed by atoms with Gasteiger partial charge >= 0.3 is 12.2 Å². The molecule has 0 aliphatic heterocycles. The molecule has 0 radical (unpaired) electrons. The Morgan fingerprint density at radius 3 is 1.79 bits per heavy atom. The molecule has 0 aromatic heterocycles. The summed E-state index contributed by atoms with van der Waals surface area (Å²) in [6.45, 7) is 0.717. The van der Waals surface area contributed by atoms with Gasteiger partial charge in [0, 0.05) is 24.5 Å². The van der Waals surface area contributed by atoms with Crippen LogP contribution in [0.5, 0.6) is 0 Å². The predicted octanol–water partition coefficient (Wildman–Crippen LogP) is 4.07. The fraction of sp³-hybridized carbons (Fsp3) is 0.200. The molecule has 3 aromatic carbocycles. The second-order valence-corrected chi connectivity index (χ2v) is 7.34. The summed E-state index contributed by atoms with van der Waals surface area (Å²) in [4.78, 5) is 23.3. The van der Waals surface area contributed by atoms with Crippen LogP contribution in [0.2, 0.25) is 0 Å². The average molecular weight is 450 g/mol. The molecule has 0 saturated heterocycles. The van der Waals surface area contributed by atoms with Crippen LogP contribution in [0.15, 0.2) is 78.9 Å². The van der Waals surface area contributed by atoms with Crippen LogP contribution in [0.25, 0.3) is 0 Å². The molecule has 3 rings (SSSR count). The van der Waals surface area contributed by atoms with Crippen LogP contribution in [0.4, 0.5) is 21.0 Å². The molecule has 4 N–H and O–H groups in total. The van der Waals surface area contributed by atoms with Gasteiger partial charge in [0.1, 0.15) is 5.60 Å². The molecule has 0 spiro atoms. The van der Waals surface area contributed by atoms with E-state index in [-0.39, 0.29) is 6.54 Å². The number of methoxy groups -OCH3 is 2. The number of hydrogen-bond donors (Lipinski definition) is 4. The molecule has 0 aliphatic carbocycles. The fourth-order valence-electron chi connectivity index (χ4n) is 3.40. The van der Waals surface area contributed by atoms with Crippen molar-refractivity contribution in [2.24, 2.45) is 0 Å². The maximum atomic E-state index is 11.9. The zero-order chi connectivity index (χ0) is 23.7. The Hall–Kier alpha value is -3.88. The zero-order valence-electron chi connectivity index (χ0n) is 18.5. The van der Waals surface area contributed by atoms with Crippen molar-refractivity contribution in [3.63, 3.8) is 0 Å². The van der Waals surface area contributed by atoms with Gasteiger partial charge in [0.15, 0.2) is 0 Å². The quantitative estimate of drug-likeness (QED) is 0.413. The highest BCUT2D eigenvalue weighted by Gasteiger charge is 2.32. The number of anilines is 2. The number of benzene rings is 3. The first-order valence-electron chi connectivity index (χ1n) is 10.3. The molecule has 8 heteroatoms. The van der Waals surface area contributed by atoms with Crippen LogP contribution in [-0.2, 0) is 21.6 Å². The van der Waals surface area contributed by atoms with Gasteiger partial charge in [0.05, 0.1) is 14.2 Å². The van der Waals surface area contributed by atoms with E-state index in [4.69, 9.17) is 0 Å². The minimum Gasteiger partial charge on any atom is -0.453 e. The van der Waals surface area contributed by atoms with Gasteiger partial charge in [-0.3, -0.25) is 10.6 Å². The van der Waals surface area contributed by atoms with E-state index in [1.165, 1.54) is 14.2 Å². The number of nitrogens with one attached hydrogen (secondary N) is 3. The SMILES string of the molecule is COC(=O)Nc1cccc(C(O)(CNCc2ccccc2)c2cccc(NC(=O)OC)c2)c1. The molecule has 0 heterocycles. The number of carbonyl (C=O) groups is 2.